The molecule has 1 unspecified atom stereocenters. The molecule has 2 rings (SSSR count). The van der Waals surface area contributed by atoms with Gasteiger partial charge in [-0.2, -0.15) is 0 Å². The molecule has 2 heteroatoms. The van der Waals surface area contributed by atoms with E-state index in [-0.39, 0.29) is 0 Å². The summed E-state index contributed by atoms with van der Waals surface area (Å²) in [6.07, 6.45) is 2.68. The van der Waals surface area contributed by atoms with Crippen LogP contribution < -0.4 is 5.32 Å². The highest BCUT2D eigenvalue weighted by molar-refractivity contribution is 6.30. The predicted octanol–water partition coefficient (Wildman–Crippen LogP) is 3.94. The molecular formula is C12H16ClN. The van der Waals surface area contributed by atoms with E-state index in [0.29, 0.717) is 11.5 Å². The molecule has 1 aromatic carbocycles. The van der Waals surface area contributed by atoms with Crippen LogP contribution in [0.25, 0.3) is 0 Å². The summed E-state index contributed by atoms with van der Waals surface area (Å²) >= 11 is 5.82. The highest BCUT2D eigenvalue weighted by Crippen LogP contribution is 2.48. The number of rotatable bonds is 3. The summed E-state index contributed by atoms with van der Waals surface area (Å²) in [5, 5.41) is 4.31. The minimum absolute atomic E-state index is 0.514. The molecule has 1 saturated carbocycles. The van der Waals surface area contributed by atoms with Gasteiger partial charge in [-0.1, -0.05) is 18.5 Å². The zero-order valence-corrected chi connectivity index (χ0v) is 9.43. The number of anilines is 1. The summed E-state index contributed by atoms with van der Waals surface area (Å²) in [6, 6.07) is 8.45. The molecule has 1 nitrogen and oxygen atoms in total. The van der Waals surface area contributed by atoms with Gasteiger partial charge in [0.15, 0.2) is 0 Å². The molecule has 1 fully saturated rings. The molecule has 1 aromatic rings. The molecular weight excluding hydrogens is 194 g/mol. The molecule has 0 heterocycles. The van der Waals surface area contributed by atoms with E-state index in [1.165, 1.54) is 12.8 Å². The van der Waals surface area contributed by atoms with Crippen molar-refractivity contribution >= 4 is 17.3 Å². The minimum Gasteiger partial charge on any atom is -0.382 e. The Morgan fingerprint density at radius 3 is 2.36 bits per heavy atom. The first-order valence-electron chi connectivity index (χ1n) is 5.12. The fourth-order valence-electron chi connectivity index (χ4n) is 1.60. The van der Waals surface area contributed by atoms with E-state index in [1.807, 2.05) is 24.3 Å². The van der Waals surface area contributed by atoms with E-state index in [0.717, 1.165) is 10.7 Å². The van der Waals surface area contributed by atoms with Gasteiger partial charge in [0, 0.05) is 16.8 Å². The van der Waals surface area contributed by atoms with Crippen LogP contribution in [-0.4, -0.2) is 6.04 Å². The van der Waals surface area contributed by atoms with Crippen molar-refractivity contribution in [2.45, 2.75) is 32.7 Å². The second kappa shape index (κ2) is 3.47. The lowest BCUT2D eigenvalue weighted by Crippen LogP contribution is -2.24. The van der Waals surface area contributed by atoms with E-state index < -0.39 is 0 Å². The first kappa shape index (κ1) is 9.85. The number of hydrogen-bond donors (Lipinski definition) is 1. The van der Waals surface area contributed by atoms with Crippen molar-refractivity contribution in [2.75, 3.05) is 5.32 Å². The normalized spacial score (nSPS) is 20.2. The molecule has 1 atom stereocenters. The smallest absolute Gasteiger partial charge is 0.0407 e. The highest BCUT2D eigenvalue weighted by Gasteiger charge is 2.42. The standard InChI is InChI=1S/C12H16ClN/c1-9(12(2)7-8-12)14-11-5-3-10(13)4-6-11/h3-6,9,14H,7-8H2,1-2H3. The maximum atomic E-state index is 5.82. The molecule has 0 saturated heterocycles. The van der Waals surface area contributed by atoms with Gasteiger partial charge in [-0.05, 0) is 49.4 Å². The predicted molar refractivity (Wildman–Crippen MR) is 61.9 cm³/mol. The first-order chi connectivity index (χ1) is 6.60. The fraction of sp³-hybridized carbons (Fsp3) is 0.500. The summed E-state index contributed by atoms with van der Waals surface area (Å²) < 4.78 is 0. The van der Waals surface area contributed by atoms with E-state index in [4.69, 9.17) is 11.6 Å². The maximum Gasteiger partial charge on any atom is 0.0407 e. The molecule has 1 aliphatic rings. The van der Waals surface area contributed by atoms with E-state index in [2.05, 4.69) is 19.2 Å². The molecule has 0 amide bonds. The molecule has 76 valence electrons. The van der Waals surface area contributed by atoms with Crippen LogP contribution in [0.5, 0.6) is 0 Å². The Bertz CT molecular complexity index is 314. The van der Waals surface area contributed by atoms with Gasteiger partial charge >= 0.3 is 0 Å². The average molecular weight is 210 g/mol. The van der Waals surface area contributed by atoms with Crippen molar-refractivity contribution < 1.29 is 0 Å². The maximum absolute atomic E-state index is 5.82. The van der Waals surface area contributed by atoms with Crippen molar-refractivity contribution in [2.24, 2.45) is 5.41 Å². The van der Waals surface area contributed by atoms with Crippen LogP contribution in [0.1, 0.15) is 26.7 Å². The zero-order chi connectivity index (χ0) is 10.2. The largest absolute Gasteiger partial charge is 0.382 e. The van der Waals surface area contributed by atoms with Gasteiger partial charge < -0.3 is 5.32 Å². The van der Waals surface area contributed by atoms with Gasteiger partial charge in [0.2, 0.25) is 0 Å². The third kappa shape index (κ3) is 2.03. The van der Waals surface area contributed by atoms with Gasteiger partial charge in [-0.15, -0.1) is 0 Å². The van der Waals surface area contributed by atoms with Crippen molar-refractivity contribution in [3.05, 3.63) is 29.3 Å². The monoisotopic (exact) mass is 209 g/mol. The Labute approximate surface area is 90.5 Å². The third-order valence-corrected chi connectivity index (χ3v) is 3.56. The van der Waals surface area contributed by atoms with Gasteiger partial charge in [0.25, 0.3) is 0 Å². The van der Waals surface area contributed by atoms with Crippen molar-refractivity contribution in [1.29, 1.82) is 0 Å². The number of halogens is 1. The highest BCUT2D eigenvalue weighted by atomic mass is 35.5. The molecule has 14 heavy (non-hydrogen) atoms. The Balaban J connectivity index is 2.00. The summed E-state index contributed by atoms with van der Waals surface area (Å²) in [6.45, 7) is 4.59. The van der Waals surface area contributed by atoms with Crippen LogP contribution >= 0.6 is 11.6 Å². The van der Waals surface area contributed by atoms with E-state index in [1.54, 1.807) is 0 Å². The summed E-state index contributed by atoms with van der Waals surface area (Å²) in [5.74, 6) is 0. The molecule has 1 aliphatic carbocycles. The molecule has 0 spiro atoms. The van der Waals surface area contributed by atoms with Gasteiger partial charge in [-0.3, -0.25) is 0 Å². The van der Waals surface area contributed by atoms with Crippen LogP contribution in [0.15, 0.2) is 24.3 Å². The number of hydrogen-bond acceptors (Lipinski definition) is 1. The Morgan fingerprint density at radius 1 is 1.29 bits per heavy atom. The topological polar surface area (TPSA) is 12.0 Å². The lowest BCUT2D eigenvalue weighted by atomic mass is 10.0. The molecule has 1 N–H and O–H groups in total. The van der Waals surface area contributed by atoms with Crippen molar-refractivity contribution in [3.8, 4) is 0 Å². The Hall–Kier alpha value is -0.690. The summed E-state index contributed by atoms with van der Waals surface area (Å²) in [5.41, 5.74) is 1.68. The SMILES string of the molecule is CC(Nc1ccc(Cl)cc1)C1(C)CC1. The average Bonchev–Trinajstić information content (AvgIpc) is 2.89. The zero-order valence-electron chi connectivity index (χ0n) is 8.68. The van der Waals surface area contributed by atoms with Crippen LogP contribution in [-0.2, 0) is 0 Å². The van der Waals surface area contributed by atoms with Crippen molar-refractivity contribution in [1.82, 2.24) is 0 Å². The Kier molecular flexibility index (Phi) is 2.44. The second-order valence-electron chi connectivity index (χ2n) is 4.53. The fourth-order valence-corrected chi connectivity index (χ4v) is 1.73. The van der Waals surface area contributed by atoms with E-state index >= 15 is 0 Å². The van der Waals surface area contributed by atoms with Gasteiger partial charge in [0.05, 0.1) is 0 Å². The van der Waals surface area contributed by atoms with Gasteiger partial charge in [-0.25, -0.2) is 0 Å². The number of nitrogens with one attached hydrogen (secondary N) is 1. The van der Waals surface area contributed by atoms with E-state index in [9.17, 15) is 0 Å². The number of benzene rings is 1. The van der Waals surface area contributed by atoms with Crippen LogP contribution in [0.4, 0.5) is 5.69 Å². The summed E-state index contributed by atoms with van der Waals surface area (Å²) in [7, 11) is 0. The first-order valence-corrected chi connectivity index (χ1v) is 5.50. The Morgan fingerprint density at radius 2 is 1.86 bits per heavy atom. The third-order valence-electron chi connectivity index (χ3n) is 3.31. The van der Waals surface area contributed by atoms with Crippen LogP contribution in [0, 0.1) is 5.41 Å². The van der Waals surface area contributed by atoms with Gasteiger partial charge in [0.1, 0.15) is 0 Å². The van der Waals surface area contributed by atoms with Crippen LogP contribution in [0.3, 0.4) is 0 Å². The lowest BCUT2D eigenvalue weighted by Gasteiger charge is -2.21. The molecule has 0 aromatic heterocycles. The quantitative estimate of drug-likeness (QED) is 0.795. The molecule has 0 radical (unpaired) electrons. The lowest BCUT2D eigenvalue weighted by molar-refractivity contribution is 0.493. The second-order valence-corrected chi connectivity index (χ2v) is 4.96. The molecule has 0 bridgehead atoms. The van der Waals surface area contributed by atoms with Crippen LogP contribution in [0.2, 0.25) is 5.02 Å². The summed E-state index contributed by atoms with van der Waals surface area (Å²) in [4.78, 5) is 0. The minimum atomic E-state index is 0.514. The van der Waals surface area contributed by atoms with Crippen molar-refractivity contribution in [3.63, 3.8) is 0 Å². The molecule has 0 aliphatic heterocycles.